The van der Waals surface area contributed by atoms with E-state index in [0.29, 0.717) is 36.8 Å². The summed E-state index contributed by atoms with van der Waals surface area (Å²) in [6, 6.07) is 3.56. The lowest BCUT2D eigenvalue weighted by Crippen LogP contribution is -2.13. The number of nitrogens with one attached hydrogen (secondary N) is 1. The molecule has 208 valence electrons. The second kappa shape index (κ2) is 11.2. The van der Waals surface area contributed by atoms with Crippen molar-refractivity contribution in [3.05, 3.63) is 57.1 Å². The topological polar surface area (TPSA) is 199 Å². The molecule has 0 aromatic carbocycles. The fraction of sp³-hybridized carbons (Fsp3) is 0.520. The lowest BCUT2D eigenvalue weighted by molar-refractivity contribution is -0.146. The highest BCUT2D eigenvalue weighted by Crippen LogP contribution is 2.62. The summed E-state index contributed by atoms with van der Waals surface area (Å²) < 4.78 is 41.7. The number of nitrogen functional groups attached to an aromatic ring is 1. The summed E-state index contributed by atoms with van der Waals surface area (Å²) in [5.41, 5.74) is 10.2. The lowest BCUT2D eigenvalue weighted by atomic mass is 10.0. The van der Waals surface area contributed by atoms with E-state index in [1.807, 2.05) is 26.1 Å². The lowest BCUT2D eigenvalue weighted by Gasteiger charge is -2.07. The molecule has 0 aliphatic heterocycles. The van der Waals surface area contributed by atoms with Crippen LogP contribution in [0.15, 0.2) is 29.3 Å². The maximum absolute atomic E-state index is 11.6. The highest BCUT2D eigenvalue weighted by atomic mass is 32.3. The van der Waals surface area contributed by atoms with Gasteiger partial charge in [-0.3, -0.25) is 23.5 Å². The zero-order valence-electron chi connectivity index (χ0n) is 20.3. The summed E-state index contributed by atoms with van der Waals surface area (Å²) in [6.07, 6.45) is 5.35. The molecule has 0 saturated heterocycles. The number of pyridine rings is 2. The minimum absolute atomic E-state index is 0. The monoisotopic (exact) mass is 551 g/mol. The molecule has 0 radical (unpaired) electrons. The van der Waals surface area contributed by atoms with Gasteiger partial charge in [0, 0.05) is 30.3 Å². The van der Waals surface area contributed by atoms with E-state index >= 15 is 0 Å². The number of hydrogen-bond acceptors (Lipinski definition) is 9. The third kappa shape index (κ3) is 6.22. The minimum Gasteiger partial charge on any atom is -0.466 e. The van der Waals surface area contributed by atoms with Crippen molar-refractivity contribution in [3.8, 4) is 0 Å². The molecule has 38 heavy (non-hydrogen) atoms. The van der Waals surface area contributed by atoms with Crippen LogP contribution in [0.3, 0.4) is 0 Å². The van der Waals surface area contributed by atoms with Crippen LogP contribution < -0.4 is 11.3 Å². The van der Waals surface area contributed by atoms with Crippen LogP contribution in [0.2, 0.25) is 0 Å². The molecule has 4 aliphatic carbocycles. The van der Waals surface area contributed by atoms with Gasteiger partial charge in [-0.05, 0) is 66.8 Å². The van der Waals surface area contributed by atoms with Crippen LogP contribution in [0.25, 0.3) is 0 Å². The van der Waals surface area contributed by atoms with Gasteiger partial charge in [0.2, 0.25) is 5.56 Å². The Morgan fingerprint density at radius 1 is 1.00 bits per heavy atom. The molecule has 2 fully saturated rings. The van der Waals surface area contributed by atoms with Gasteiger partial charge in [0.25, 0.3) is 0 Å². The average molecular weight is 552 g/mol. The Balaban J connectivity index is 0.000000176. The van der Waals surface area contributed by atoms with Crippen molar-refractivity contribution in [1.82, 2.24) is 9.97 Å². The molecule has 0 amide bonds. The number of nitrogens with two attached hydrogens (primary N) is 1. The minimum atomic E-state index is -4.67. The Morgan fingerprint density at radius 2 is 1.47 bits per heavy atom. The number of aromatic nitrogens is 2. The predicted molar refractivity (Wildman–Crippen MR) is 137 cm³/mol. The van der Waals surface area contributed by atoms with E-state index in [2.05, 4.69) is 9.97 Å². The zero-order chi connectivity index (χ0) is 27.1. The number of H-pyrrole nitrogens is 1. The van der Waals surface area contributed by atoms with E-state index in [4.69, 9.17) is 32.7 Å². The summed E-state index contributed by atoms with van der Waals surface area (Å²) in [5.74, 6) is 1.92. The van der Waals surface area contributed by atoms with Gasteiger partial charge >= 0.3 is 22.3 Å². The molecule has 5 N–H and O–H groups in total. The maximum atomic E-state index is 11.6. The Kier molecular flexibility index (Phi) is 8.64. The number of fused-ring (bicyclic) bond motifs is 6. The van der Waals surface area contributed by atoms with Crippen LogP contribution >= 0.6 is 0 Å². The number of aromatic amines is 1. The van der Waals surface area contributed by atoms with Crippen LogP contribution in [0.4, 0.5) is 5.82 Å². The number of rotatable bonds is 4. The largest absolute Gasteiger partial charge is 0.466 e. The number of anilines is 1. The van der Waals surface area contributed by atoms with Crippen molar-refractivity contribution in [2.75, 3.05) is 18.9 Å². The summed E-state index contributed by atoms with van der Waals surface area (Å²) >= 11 is 0. The van der Waals surface area contributed by atoms with Gasteiger partial charge in [0.1, 0.15) is 5.82 Å². The van der Waals surface area contributed by atoms with Crippen LogP contribution in [0.5, 0.6) is 0 Å². The molecule has 0 unspecified atom stereocenters. The smallest absolute Gasteiger partial charge is 0.394 e. The van der Waals surface area contributed by atoms with E-state index in [0.717, 1.165) is 24.0 Å². The first-order chi connectivity index (χ1) is 17.4. The van der Waals surface area contributed by atoms with Crippen molar-refractivity contribution in [3.63, 3.8) is 0 Å². The van der Waals surface area contributed by atoms with Crippen LogP contribution in [0.1, 0.15) is 55.4 Å². The fourth-order valence-electron chi connectivity index (χ4n) is 5.75. The van der Waals surface area contributed by atoms with Gasteiger partial charge in [-0.25, -0.2) is 4.98 Å². The standard InChI is InChI=1S/C12H14N2O2.C12H13NO3.CH4.H2O4S/c1-2-16-12(15)11-7-3-6-4-9(13)14-5-8(6)10(7)11;1-2-16-12(15)11-7-3-6-4-9(14)13-5-8(6)10(7)11;;1-5(2,3)4/h4-5,7,10-11H,2-3H2,1H3,(H2,13,14);4-5,7,10-11H,2-3H2,1H3,(H,13,14);1H4;(H2,1,2,3,4)/t2*7-,10-,11+;;/m11../s1. The number of esters is 2. The van der Waals surface area contributed by atoms with Crippen LogP contribution in [-0.4, -0.2) is 52.6 Å². The average Bonchev–Trinajstić information content (AvgIpc) is 3.61. The molecule has 6 rings (SSSR count). The molecule has 2 aromatic heterocycles. The molecule has 2 aromatic rings. The molecule has 4 aliphatic rings. The van der Waals surface area contributed by atoms with E-state index < -0.39 is 10.4 Å². The Bertz CT molecular complexity index is 1370. The van der Waals surface area contributed by atoms with Crippen molar-refractivity contribution in [2.24, 2.45) is 23.7 Å². The molecular weight excluding hydrogens is 518 g/mol. The molecule has 0 spiro atoms. The second-order valence-corrected chi connectivity index (χ2v) is 10.3. The van der Waals surface area contributed by atoms with E-state index in [-0.39, 0.29) is 42.7 Å². The Hall–Kier alpha value is -3.29. The first-order valence-corrected chi connectivity index (χ1v) is 13.3. The number of ether oxygens (including phenoxy) is 2. The number of carbonyl (C=O) groups is 2. The predicted octanol–water partition coefficient (Wildman–Crippen LogP) is 1.92. The van der Waals surface area contributed by atoms with Crippen LogP contribution in [0, 0.1) is 23.7 Å². The van der Waals surface area contributed by atoms with Crippen molar-refractivity contribution >= 4 is 28.2 Å². The van der Waals surface area contributed by atoms with E-state index in [9.17, 15) is 14.4 Å². The molecular formula is C25H33N3O9S. The molecule has 6 atom stereocenters. The summed E-state index contributed by atoms with van der Waals surface area (Å²) in [6.45, 7) is 4.56. The van der Waals surface area contributed by atoms with Crippen molar-refractivity contribution in [2.45, 2.75) is 46.0 Å². The highest BCUT2D eigenvalue weighted by molar-refractivity contribution is 7.79. The van der Waals surface area contributed by atoms with Gasteiger partial charge in [0.15, 0.2) is 0 Å². The van der Waals surface area contributed by atoms with Crippen LogP contribution in [-0.2, 0) is 42.3 Å². The van der Waals surface area contributed by atoms with E-state index in [1.54, 1.807) is 12.3 Å². The van der Waals surface area contributed by atoms with Gasteiger partial charge in [0.05, 0.1) is 25.0 Å². The maximum Gasteiger partial charge on any atom is 0.394 e. The number of hydrogen-bond donors (Lipinski definition) is 4. The first-order valence-electron chi connectivity index (χ1n) is 11.9. The molecule has 2 heterocycles. The van der Waals surface area contributed by atoms with Gasteiger partial charge in [-0.1, -0.05) is 7.43 Å². The van der Waals surface area contributed by atoms with Gasteiger partial charge in [-0.15, -0.1) is 0 Å². The first kappa shape index (κ1) is 29.3. The molecule has 2 saturated carbocycles. The highest BCUT2D eigenvalue weighted by Gasteiger charge is 2.61. The van der Waals surface area contributed by atoms with E-state index in [1.165, 1.54) is 11.1 Å². The number of carbonyl (C=O) groups excluding carboxylic acids is 2. The van der Waals surface area contributed by atoms with Crippen molar-refractivity contribution < 1.29 is 36.6 Å². The third-order valence-corrected chi connectivity index (χ3v) is 7.18. The fourth-order valence-corrected chi connectivity index (χ4v) is 5.75. The Morgan fingerprint density at radius 3 is 1.97 bits per heavy atom. The number of nitrogens with zero attached hydrogens (tertiary/aromatic N) is 1. The second-order valence-electron chi connectivity index (χ2n) is 9.38. The summed E-state index contributed by atoms with van der Waals surface area (Å²) in [4.78, 5) is 41.1. The normalized spacial score (nSPS) is 26.3. The van der Waals surface area contributed by atoms with Crippen molar-refractivity contribution in [1.29, 1.82) is 0 Å². The molecule has 12 nitrogen and oxygen atoms in total. The molecule has 0 bridgehead atoms. The zero-order valence-corrected chi connectivity index (χ0v) is 21.1. The quantitative estimate of drug-likeness (QED) is 0.320. The summed E-state index contributed by atoms with van der Waals surface area (Å²) in [5, 5.41) is 0. The Labute approximate surface area is 220 Å². The SMILES string of the molecule is C.CCOC(=O)[C@H]1[C@@H]2Cc3cc(=O)[nH]cc3[C@@H]21.CCOC(=O)[C@H]1[C@@H]2Cc3cc(N)ncc3[C@@H]21.O=S(=O)(O)O. The third-order valence-electron chi connectivity index (χ3n) is 7.18. The van der Waals surface area contributed by atoms with Gasteiger partial charge < -0.3 is 20.2 Å². The summed E-state index contributed by atoms with van der Waals surface area (Å²) in [7, 11) is -4.67. The molecule has 13 heteroatoms. The van der Waals surface area contributed by atoms with Gasteiger partial charge in [-0.2, -0.15) is 8.42 Å².